The molecule has 0 bridgehead atoms. The minimum absolute atomic E-state index is 0.158. The van der Waals surface area contributed by atoms with E-state index in [9.17, 15) is 9.59 Å². The number of aromatic nitrogens is 1. The Balaban J connectivity index is 1.85. The van der Waals surface area contributed by atoms with Crippen LogP contribution in [-0.2, 0) is 0 Å². The van der Waals surface area contributed by atoms with Crippen LogP contribution in [0.3, 0.4) is 0 Å². The van der Waals surface area contributed by atoms with E-state index in [2.05, 4.69) is 32.5 Å². The number of methoxy groups -OCH3 is 3. The first-order valence-corrected chi connectivity index (χ1v) is 10.7. The Kier molecular flexibility index (Phi) is 8.45. The average molecular weight is 458 g/mol. The lowest BCUT2D eigenvalue weighted by molar-refractivity contribution is 0.0938. The third kappa shape index (κ3) is 5.91. The number of carbonyl (C=O) groups is 2. The molecule has 0 saturated carbocycles. The predicted molar refractivity (Wildman–Crippen MR) is 125 cm³/mol. The van der Waals surface area contributed by atoms with Crippen molar-refractivity contribution in [2.45, 2.75) is 0 Å². The highest BCUT2D eigenvalue weighted by Crippen LogP contribution is 2.44. The van der Waals surface area contributed by atoms with E-state index < -0.39 is 5.91 Å². The summed E-state index contributed by atoms with van der Waals surface area (Å²) in [5, 5.41) is 5.72. The lowest BCUT2D eigenvalue weighted by atomic mass is 10.1. The summed E-state index contributed by atoms with van der Waals surface area (Å²) >= 11 is 0. The molecule has 1 saturated heterocycles. The Morgan fingerprint density at radius 1 is 1.03 bits per heavy atom. The summed E-state index contributed by atoms with van der Waals surface area (Å²) in [5.41, 5.74) is 0.758. The van der Waals surface area contributed by atoms with Gasteiger partial charge in [0.1, 0.15) is 5.56 Å². The van der Waals surface area contributed by atoms with Gasteiger partial charge in [-0.1, -0.05) is 0 Å². The largest absolute Gasteiger partial charge is 0.493 e. The number of nitrogens with one attached hydrogen (secondary N) is 2. The first-order chi connectivity index (χ1) is 16.0. The van der Waals surface area contributed by atoms with Gasteiger partial charge >= 0.3 is 0 Å². The molecule has 1 aliphatic rings. The zero-order valence-corrected chi connectivity index (χ0v) is 19.5. The fourth-order valence-electron chi connectivity index (χ4n) is 3.66. The first-order valence-electron chi connectivity index (χ1n) is 10.7. The Morgan fingerprint density at radius 3 is 2.36 bits per heavy atom. The van der Waals surface area contributed by atoms with Crippen LogP contribution >= 0.6 is 0 Å². The van der Waals surface area contributed by atoms with Crippen LogP contribution in [0.5, 0.6) is 17.2 Å². The average Bonchev–Trinajstić information content (AvgIpc) is 2.84. The molecule has 0 spiro atoms. The van der Waals surface area contributed by atoms with E-state index in [1.54, 1.807) is 24.4 Å². The molecule has 0 unspecified atom stereocenters. The van der Waals surface area contributed by atoms with Crippen LogP contribution in [0.15, 0.2) is 30.6 Å². The zero-order valence-electron chi connectivity index (χ0n) is 19.5. The van der Waals surface area contributed by atoms with Crippen LogP contribution in [0.4, 0.5) is 5.69 Å². The van der Waals surface area contributed by atoms with Crippen molar-refractivity contribution in [1.82, 2.24) is 20.1 Å². The Hall–Kier alpha value is -3.37. The molecule has 10 nitrogen and oxygen atoms in total. The molecule has 1 aromatic heterocycles. The van der Waals surface area contributed by atoms with Gasteiger partial charge in [-0.05, 0) is 19.2 Å². The number of piperazine rings is 1. The molecular formula is C23H31N5O5. The van der Waals surface area contributed by atoms with E-state index in [0.29, 0.717) is 17.9 Å². The predicted octanol–water partition coefficient (Wildman–Crippen LogP) is 1.34. The minimum atomic E-state index is -0.413. The number of rotatable bonds is 9. The molecule has 1 aromatic carbocycles. The van der Waals surface area contributed by atoms with E-state index in [0.717, 1.165) is 32.7 Å². The van der Waals surface area contributed by atoms with Crippen molar-refractivity contribution in [1.29, 1.82) is 0 Å². The van der Waals surface area contributed by atoms with Crippen molar-refractivity contribution >= 4 is 17.5 Å². The minimum Gasteiger partial charge on any atom is -0.493 e. The standard InChI is InChI=1S/C23H31N5O5/c1-27-10-12-28(13-11-27)9-8-25-23(30)19-17(26-22(29)16-6-5-7-24-15-16)14-18(31-2)20(32-3)21(19)33-4/h5-7,14-15H,8-13H2,1-4H3,(H,25,30)(H,26,29). The van der Waals surface area contributed by atoms with Gasteiger partial charge in [-0.25, -0.2) is 0 Å². The van der Waals surface area contributed by atoms with Crippen molar-refractivity contribution in [3.8, 4) is 17.2 Å². The molecule has 0 atom stereocenters. The van der Waals surface area contributed by atoms with Crippen LogP contribution in [0.1, 0.15) is 20.7 Å². The van der Waals surface area contributed by atoms with Gasteiger partial charge < -0.3 is 29.7 Å². The van der Waals surface area contributed by atoms with Gasteiger partial charge in [0.25, 0.3) is 11.8 Å². The summed E-state index contributed by atoms with van der Waals surface area (Å²) in [6, 6.07) is 4.84. The third-order valence-corrected chi connectivity index (χ3v) is 5.54. The fraction of sp³-hybridized carbons (Fsp3) is 0.435. The van der Waals surface area contributed by atoms with Crippen molar-refractivity contribution in [2.75, 3.05) is 73.0 Å². The maximum absolute atomic E-state index is 13.2. The quantitative estimate of drug-likeness (QED) is 0.581. The lowest BCUT2D eigenvalue weighted by Crippen LogP contribution is -2.47. The highest BCUT2D eigenvalue weighted by Gasteiger charge is 2.27. The molecule has 2 heterocycles. The number of hydrogen-bond acceptors (Lipinski definition) is 8. The van der Waals surface area contributed by atoms with Crippen LogP contribution in [0.25, 0.3) is 0 Å². The number of pyridine rings is 1. The molecular weight excluding hydrogens is 426 g/mol. The van der Waals surface area contributed by atoms with Crippen LogP contribution in [0, 0.1) is 0 Å². The van der Waals surface area contributed by atoms with Crippen molar-refractivity contribution < 1.29 is 23.8 Å². The van der Waals surface area contributed by atoms with Gasteiger partial charge in [0.2, 0.25) is 5.75 Å². The van der Waals surface area contributed by atoms with Gasteiger partial charge in [-0.15, -0.1) is 0 Å². The molecule has 3 rings (SSSR count). The van der Waals surface area contributed by atoms with Gasteiger partial charge in [0.05, 0.1) is 32.6 Å². The molecule has 1 fully saturated rings. The summed E-state index contributed by atoms with van der Waals surface area (Å²) in [6.45, 7) is 5.10. The fourth-order valence-corrected chi connectivity index (χ4v) is 3.66. The summed E-state index contributed by atoms with van der Waals surface area (Å²) in [5.74, 6) is -0.0314. The number of ether oxygens (including phenoxy) is 3. The molecule has 0 radical (unpaired) electrons. The van der Waals surface area contributed by atoms with Crippen molar-refractivity contribution in [3.63, 3.8) is 0 Å². The Labute approximate surface area is 193 Å². The van der Waals surface area contributed by atoms with Crippen LogP contribution < -0.4 is 24.8 Å². The molecule has 33 heavy (non-hydrogen) atoms. The number of carbonyl (C=O) groups excluding carboxylic acids is 2. The second kappa shape index (κ2) is 11.5. The number of benzene rings is 1. The molecule has 1 aliphatic heterocycles. The van der Waals surface area contributed by atoms with E-state index in [4.69, 9.17) is 14.2 Å². The lowest BCUT2D eigenvalue weighted by Gasteiger charge is -2.32. The second-order valence-corrected chi connectivity index (χ2v) is 7.66. The van der Waals surface area contributed by atoms with E-state index >= 15 is 0 Å². The van der Waals surface area contributed by atoms with Gasteiger partial charge in [0.15, 0.2) is 11.5 Å². The molecule has 2 amide bonds. The monoisotopic (exact) mass is 457 g/mol. The summed E-state index contributed by atoms with van der Waals surface area (Å²) in [7, 11) is 6.47. The number of likely N-dealkylation sites (N-methyl/N-ethyl adjacent to an activating group) is 1. The molecule has 2 aromatic rings. The highest BCUT2D eigenvalue weighted by atomic mass is 16.5. The Bertz CT molecular complexity index is 961. The molecule has 10 heteroatoms. The van der Waals surface area contributed by atoms with Crippen LogP contribution in [0.2, 0.25) is 0 Å². The smallest absolute Gasteiger partial charge is 0.257 e. The maximum atomic E-state index is 13.2. The second-order valence-electron chi connectivity index (χ2n) is 7.66. The Morgan fingerprint density at radius 2 is 1.76 bits per heavy atom. The zero-order chi connectivity index (χ0) is 23.8. The van der Waals surface area contributed by atoms with Gasteiger partial charge in [-0.3, -0.25) is 19.5 Å². The van der Waals surface area contributed by atoms with E-state index in [1.165, 1.54) is 27.5 Å². The third-order valence-electron chi connectivity index (χ3n) is 5.54. The summed E-state index contributed by atoms with van der Waals surface area (Å²) in [6.07, 6.45) is 3.03. The van der Waals surface area contributed by atoms with Crippen molar-refractivity contribution in [3.05, 3.63) is 41.7 Å². The van der Waals surface area contributed by atoms with Crippen LogP contribution in [-0.4, -0.2) is 94.2 Å². The normalized spacial score (nSPS) is 14.4. The molecule has 178 valence electrons. The summed E-state index contributed by atoms with van der Waals surface area (Å²) < 4.78 is 16.4. The number of amides is 2. The van der Waals surface area contributed by atoms with Gasteiger partial charge in [0, 0.05) is 57.7 Å². The topological polar surface area (TPSA) is 105 Å². The first kappa shape index (κ1) is 24.3. The number of nitrogens with zero attached hydrogens (tertiary/aromatic N) is 3. The van der Waals surface area contributed by atoms with E-state index in [1.807, 2.05) is 0 Å². The number of hydrogen-bond donors (Lipinski definition) is 2. The number of anilines is 1. The summed E-state index contributed by atoms with van der Waals surface area (Å²) in [4.78, 5) is 34.6. The highest BCUT2D eigenvalue weighted by molar-refractivity contribution is 6.11. The SMILES string of the molecule is COc1cc(NC(=O)c2cccnc2)c(C(=O)NCCN2CCN(C)CC2)c(OC)c1OC. The molecule has 2 N–H and O–H groups in total. The van der Waals surface area contributed by atoms with E-state index in [-0.39, 0.29) is 28.7 Å². The van der Waals surface area contributed by atoms with Gasteiger partial charge in [-0.2, -0.15) is 0 Å². The van der Waals surface area contributed by atoms with Crippen molar-refractivity contribution in [2.24, 2.45) is 0 Å². The molecule has 0 aliphatic carbocycles. The maximum Gasteiger partial charge on any atom is 0.257 e.